The predicted octanol–water partition coefficient (Wildman–Crippen LogP) is 2.47. The van der Waals surface area contributed by atoms with Gasteiger partial charge in [0.05, 0.1) is 11.3 Å². The number of nitrogens with zero attached hydrogens (tertiary/aromatic N) is 4. The first-order chi connectivity index (χ1) is 11.6. The highest BCUT2D eigenvalue weighted by Crippen LogP contribution is 2.40. The van der Waals surface area contributed by atoms with Gasteiger partial charge in [0.2, 0.25) is 0 Å². The molecule has 126 valence electrons. The van der Waals surface area contributed by atoms with Crippen molar-refractivity contribution in [1.82, 2.24) is 19.8 Å². The van der Waals surface area contributed by atoms with E-state index in [0.29, 0.717) is 5.56 Å². The maximum absolute atomic E-state index is 12.5. The molecule has 24 heavy (non-hydrogen) atoms. The molecule has 0 atom stereocenters. The summed E-state index contributed by atoms with van der Waals surface area (Å²) in [7, 11) is 1.89. The number of carbonyl (C=O) groups is 1. The van der Waals surface area contributed by atoms with Crippen LogP contribution in [0, 0.1) is 6.92 Å². The first-order valence-corrected chi connectivity index (χ1v) is 9.30. The van der Waals surface area contributed by atoms with Gasteiger partial charge in [0, 0.05) is 36.6 Å². The molecule has 0 bridgehead atoms. The number of fused-ring (bicyclic) bond motifs is 2. The average Bonchev–Trinajstić information content (AvgIpc) is 3.08. The van der Waals surface area contributed by atoms with Gasteiger partial charge in [0.25, 0.3) is 5.91 Å². The molecule has 1 saturated heterocycles. The van der Waals surface area contributed by atoms with Crippen LogP contribution in [0.15, 0.2) is 23.7 Å². The lowest BCUT2D eigenvalue weighted by Gasteiger charge is -2.46. The molecule has 2 aliphatic rings. The Morgan fingerprint density at radius 1 is 1.33 bits per heavy atom. The van der Waals surface area contributed by atoms with Gasteiger partial charge in [-0.2, -0.15) is 0 Å². The fourth-order valence-electron chi connectivity index (χ4n) is 3.99. The van der Waals surface area contributed by atoms with Crippen molar-refractivity contribution in [1.29, 1.82) is 0 Å². The van der Waals surface area contributed by atoms with E-state index in [-0.39, 0.29) is 11.3 Å². The number of aryl methyl sites for hydroxylation is 1. The Morgan fingerprint density at radius 3 is 2.83 bits per heavy atom. The van der Waals surface area contributed by atoms with Gasteiger partial charge in [-0.05, 0) is 44.3 Å². The zero-order chi connectivity index (χ0) is 16.7. The molecule has 2 aromatic rings. The molecule has 2 aromatic heterocycles. The zero-order valence-electron chi connectivity index (χ0n) is 14.2. The lowest BCUT2D eigenvalue weighted by molar-refractivity contribution is 0.0624. The molecule has 2 aliphatic heterocycles. The summed E-state index contributed by atoms with van der Waals surface area (Å²) >= 11 is 1.82. The minimum Gasteiger partial charge on any atom is -0.341 e. The van der Waals surface area contributed by atoms with Crippen LogP contribution in [0.5, 0.6) is 0 Å². The summed E-state index contributed by atoms with van der Waals surface area (Å²) in [6, 6.07) is 4.32. The van der Waals surface area contributed by atoms with Gasteiger partial charge < -0.3 is 4.90 Å². The van der Waals surface area contributed by atoms with Crippen molar-refractivity contribution >= 4 is 17.2 Å². The Bertz CT molecular complexity index is 750. The second kappa shape index (κ2) is 5.93. The van der Waals surface area contributed by atoms with Gasteiger partial charge in [0.1, 0.15) is 5.82 Å². The first kappa shape index (κ1) is 15.7. The standard InChI is InChI=1S/C18H22N4OS/c1-13-19-10-15-16(20-13)18(12-21(2)17(15)23)5-7-22(8-6-18)11-14-4-3-9-24-14/h3-4,9-10H,5-8,11-12H2,1-2H3. The number of hydrogen-bond acceptors (Lipinski definition) is 5. The third kappa shape index (κ3) is 2.63. The van der Waals surface area contributed by atoms with E-state index in [0.717, 1.165) is 50.5 Å². The maximum Gasteiger partial charge on any atom is 0.257 e. The van der Waals surface area contributed by atoms with E-state index in [4.69, 9.17) is 4.98 Å². The second-order valence-electron chi connectivity index (χ2n) is 6.98. The minimum absolute atomic E-state index is 0.0162. The number of likely N-dealkylation sites (tertiary alicyclic amines) is 1. The van der Waals surface area contributed by atoms with Crippen LogP contribution in [-0.2, 0) is 12.0 Å². The van der Waals surface area contributed by atoms with Crippen LogP contribution in [0.3, 0.4) is 0 Å². The van der Waals surface area contributed by atoms with E-state index in [1.807, 2.05) is 30.2 Å². The van der Waals surface area contributed by atoms with Crippen LogP contribution in [0.4, 0.5) is 0 Å². The van der Waals surface area contributed by atoms with Crippen LogP contribution in [0.25, 0.3) is 0 Å². The summed E-state index contributed by atoms with van der Waals surface area (Å²) < 4.78 is 0. The van der Waals surface area contributed by atoms with Gasteiger partial charge in [-0.3, -0.25) is 9.69 Å². The van der Waals surface area contributed by atoms with Gasteiger partial charge in [-0.15, -0.1) is 11.3 Å². The van der Waals surface area contributed by atoms with E-state index in [1.165, 1.54) is 4.88 Å². The van der Waals surface area contributed by atoms with Gasteiger partial charge in [0.15, 0.2) is 0 Å². The number of aromatic nitrogens is 2. The topological polar surface area (TPSA) is 49.3 Å². The number of likely N-dealkylation sites (N-methyl/N-ethyl adjacent to an activating group) is 1. The van der Waals surface area contributed by atoms with E-state index in [2.05, 4.69) is 27.4 Å². The molecule has 0 unspecified atom stereocenters. The van der Waals surface area contributed by atoms with Crippen LogP contribution in [-0.4, -0.2) is 52.4 Å². The number of amides is 1. The van der Waals surface area contributed by atoms with Gasteiger partial charge in [-0.1, -0.05) is 6.07 Å². The van der Waals surface area contributed by atoms with Crippen LogP contribution >= 0.6 is 11.3 Å². The molecule has 1 fully saturated rings. The summed E-state index contributed by atoms with van der Waals surface area (Å²) in [4.78, 5) is 27.2. The Morgan fingerprint density at radius 2 is 2.12 bits per heavy atom. The summed E-state index contributed by atoms with van der Waals surface area (Å²) in [5, 5.41) is 2.14. The van der Waals surface area contributed by atoms with Gasteiger partial charge >= 0.3 is 0 Å². The summed E-state index contributed by atoms with van der Waals surface area (Å²) in [6.45, 7) is 5.79. The number of thiophene rings is 1. The molecule has 6 heteroatoms. The zero-order valence-corrected chi connectivity index (χ0v) is 15.0. The second-order valence-corrected chi connectivity index (χ2v) is 8.01. The number of carbonyl (C=O) groups excluding carboxylic acids is 1. The van der Waals surface area contributed by atoms with Gasteiger partial charge in [-0.25, -0.2) is 9.97 Å². The number of hydrogen-bond donors (Lipinski definition) is 0. The van der Waals surface area contributed by atoms with Crippen molar-refractivity contribution in [3.8, 4) is 0 Å². The summed E-state index contributed by atoms with van der Waals surface area (Å²) in [5.41, 5.74) is 1.66. The summed E-state index contributed by atoms with van der Waals surface area (Å²) in [6.07, 6.45) is 3.80. The minimum atomic E-state index is -0.0162. The lowest BCUT2D eigenvalue weighted by atomic mass is 9.71. The number of rotatable bonds is 2. The molecule has 0 aromatic carbocycles. The van der Waals surface area contributed by atoms with Crippen molar-refractivity contribution in [3.63, 3.8) is 0 Å². The molecule has 4 heterocycles. The monoisotopic (exact) mass is 342 g/mol. The van der Waals surface area contributed by atoms with Crippen molar-refractivity contribution in [2.45, 2.75) is 31.7 Å². The van der Waals surface area contributed by atoms with Crippen molar-refractivity contribution in [2.75, 3.05) is 26.7 Å². The number of piperidine rings is 1. The molecular formula is C18H22N4OS. The summed E-state index contributed by atoms with van der Waals surface area (Å²) in [5.74, 6) is 0.808. The molecule has 5 nitrogen and oxygen atoms in total. The average molecular weight is 342 g/mol. The molecule has 1 spiro atoms. The smallest absolute Gasteiger partial charge is 0.257 e. The fourth-order valence-corrected chi connectivity index (χ4v) is 4.74. The molecule has 0 aliphatic carbocycles. The maximum atomic E-state index is 12.5. The first-order valence-electron chi connectivity index (χ1n) is 8.42. The van der Waals surface area contributed by atoms with E-state index < -0.39 is 0 Å². The molecular weight excluding hydrogens is 320 g/mol. The van der Waals surface area contributed by atoms with Crippen molar-refractivity contribution < 1.29 is 4.79 Å². The van der Waals surface area contributed by atoms with Crippen molar-refractivity contribution in [2.24, 2.45) is 0 Å². The molecule has 0 saturated carbocycles. The van der Waals surface area contributed by atoms with Crippen LogP contribution in [0.2, 0.25) is 0 Å². The Kier molecular flexibility index (Phi) is 3.89. The molecule has 4 rings (SSSR count). The van der Waals surface area contributed by atoms with E-state index in [9.17, 15) is 4.79 Å². The van der Waals surface area contributed by atoms with Crippen LogP contribution < -0.4 is 0 Å². The normalized spacial score (nSPS) is 20.4. The predicted molar refractivity (Wildman–Crippen MR) is 94.2 cm³/mol. The lowest BCUT2D eigenvalue weighted by Crippen LogP contribution is -2.53. The van der Waals surface area contributed by atoms with Crippen molar-refractivity contribution in [3.05, 3.63) is 45.7 Å². The Labute approximate surface area is 146 Å². The van der Waals surface area contributed by atoms with E-state index in [1.54, 1.807) is 6.20 Å². The van der Waals surface area contributed by atoms with E-state index >= 15 is 0 Å². The van der Waals surface area contributed by atoms with Crippen LogP contribution in [0.1, 0.15) is 39.6 Å². The molecule has 0 N–H and O–H groups in total. The SMILES string of the molecule is Cc1ncc2c(n1)C1(CCN(Cc3cccs3)CC1)CN(C)C2=O. The molecule has 0 radical (unpaired) electrons. The largest absolute Gasteiger partial charge is 0.341 e. The fraction of sp³-hybridized carbons (Fsp3) is 0.500. The Balaban J connectivity index is 1.59. The molecule has 1 amide bonds. The Hall–Kier alpha value is -1.79. The highest BCUT2D eigenvalue weighted by atomic mass is 32.1. The highest BCUT2D eigenvalue weighted by molar-refractivity contribution is 7.09. The quantitative estimate of drug-likeness (QED) is 0.841. The highest BCUT2D eigenvalue weighted by Gasteiger charge is 2.45. The third-order valence-corrected chi connectivity index (χ3v) is 6.16. The third-order valence-electron chi connectivity index (χ3n) is 5.30.